The van der Waals surface area contributed by atoms with Crippen LogP contribution in [-0.4, -0.2) is 19.6 Å². The molecule has 3 aromatic rings. The summed E-state index contributed by atoms with van der Waals surface area (Å²) in [6.45, 7) is 4.79. The van der Waals surface area contributed by atoms with E-state index in [1.807, 2.05) is 25.1 Å². The summed E-state index contributed by atoms with van der Waals surface area (Å²) < 4.78 is 2.13. The summed E-state index contributed by atoms with van der Waals surface area (Å²) >= 11 is 0. The smallest absolute Gasteiger partial charge is 0.141 e. The van der Waals surface area contributed by atoms with Crippen molar-refractivity contribution in [1.82, 2.24) is 14.5 Å². The minimum Gasteiger partial charge on any atom is -0.508 e. The van der Waals surface area contributed by atoms with Crippen molar-refractivity contribution in [3.63, 3.8) is 0 Å². The van der Waals surface area contributed by atoms with Crippen molar-refractivity contribution >= 4 is 11.0 Å². The first-order valence-electron chi connectivity index (χ1n) is 6.31. The van der Waals surface area contributed by atoms with Gasteiger partial charge in [0.15, 0.2) is 0 Å². The number of aryl methyl sites for hydroxylation is 2. The van der Waals surface area contributed by atoms with E-state index < -0.39 is 0 Å². The fourth-order valence-electron chi connectivity index (χ4n) is 2.27. The van der Waals surface area contributed by atoms with Crippen LogP contribution in [0.1, 0.15) is 12.5 Å². The van der Waals surface area contributed by atoms with Crippen LogP contribution in [0.5, 0.6) is 5.75 Å². The number of pyridine rings is 1. The van der Waals surface area contributed by atoms with Gasteiger partial charge in [-0.05, 0) is 31.5 Å². The van der Waals surface area contributed by atoms with Crippen LogP contribution in [0, 0.1) is 6.92 Å². The number of phenolic OH excluding ortho intramolecular Hbond substituents is 1. The highest BCUT2D eigenvalue weighted by Gasteiger charge is 2.12. The number of benzene rings is 1. The summed E-state index contributed by atoms with van der Waals surface area (Å²) in [6, 6.07) is 7.61. The second-order valence-electron chi connectivity index (χ2n) is 4.55. The maximum Gasteiger partial charge on any atom is 0.141 e. The highest BCUT2D eigenvalue weighted by molar-refractivity contribution is 5.80. The minimum absolute atomic E-state index is 0.297. The molecule has 0 aliphatic rings. The van der Waals surface area contributed by atoms with Crippen molar-refractivity contribution in [2.24, 2.45) is 0 Å². The largest absolute Gasteiger partial charge is 0.508 e. The molecule has 2 heterocycles. The van der Waals surface area contributed by atoms with Crippen molar-refractivity contribution in [3.8, 4) is 17.1 Å². The standard InChI is InChI=1S/C15H15N3O/c1-3-18-13-6-7-16-9-12(13)17-15(18)11-5-4-10(2)14(19)8-11/h4-9,19H,3H2,1-2H3. The van der Waals surface area contributed by atoms with Crippen LogP contribution in [-0.2, 0) is 6.54 Å². The molecule has 0 spiro atoms. The van der Waals surface area contributed by atoms with Gasteiger partial charge in [-0.1, -0.05) is 12.1 Å². The molecule has 19 heavy (non-hydrogen) atoms. The molecule has 1 N–H and O–H groups in total. The Kier molecular flexibility index (Phi) is 2.71. The highest BCUT2D eigenvalue weighted by Crippen LogP contribution is 2.28. The predicted octanol–water partition coefficient (Wildman–Crippen LogP) is 3.13. The summed E-state index contributed by atoms with van der Waals surface area (Å²) in [6.07, 6.45) is 3.53. The Hall–Kier alpha value is -2.36. The van der Waals surface area contributed by atoms with E-state index in [-0.39, 0.29) is 0 Å². The van der Waals surface area contributed by atoms with E-state index in [9.17, 15) is 5.11 Å². The van der Waals surface area contributed by atoms with Crippen LogP contribution in [0.3, 0.4) is 0 Å². The Morgan fingerprint density at radius 2 is 2.11 bits per heavy atom. The van der Waals surface area contributed by atoms with Gasteiger partial charge < -0.3 is 9.67 Å². The average molecular weight is 253 g/mol. The van der Waals surface area contributed by atoms with Gasteiger partial charge in [-0.15, -0.1) is 0 Å². The number of hydrogen-bond acceptors (Lipinski definition) is 3. The van der Waals surface area contributed by atoms with Gasteiger partial charge >= 0.3 is 0 Å². The van der Waals surface area contributed by atoms with Crippen LogP contribution >= 0.6 is 0 Å². The summed E-state index contributed by atoms with van der Waals surface area (Å²) in [5.74, 6) is 1.16. The van der Waals surface area contributed by atoms with Gasteiger partial charge in [0, 0.05) is 18.3 Å². The maximum atomic E-state index is 9.85. The van der Waals surface area contributed by atoms with Crippen LogP contribution in [0.15, 0.2) is 36.7 Å². The molecule has 0 aliphatic heterocycles. The highest BCUT2D eigenvalue weighted by atomic mass is 16.3. The fraction of sp³-hybridized carbons (Fsp3) is 0.200. The Morgan fingerprint density at radius 3 is 2.84 bits per heavy atom. The molecule has 0 atom stereocenters. The van der Waals surface area contributed by atoms with Gasteiger partial charge in [-0.3, -0.25) is 4.98 Å². The molecule has 4 heteroatoms. The zero-order chi connectivity index (χ0) is 13.4. The van der Waals surface area contributed by atoms with E-state index in [1.54, 1.807) is 18.5 Å². The maximum absolute atomic E-state index is 9.85. The lowest BCUT2D eigenvalue weighted by molar-refractivity contribution is 0.471. The molecule has 0 saturated heterocycles. The summed E-state index contributed by atoms with van der Waals surface area (Å²) in [4.78, 5) is 8.72. The molecule has 0 aliphatic carbocycles. The van der Waals surface area contributed by atoms with Crippen LogP contribution in [0.4, 0.5) is 0 Å². The van der Waals surface area contributed by atoms with E-state index in [2.05, 4.69) is 21.5 Å². The zero-order valence-corrected chi connectivity index (χ0v) is 11.0. The van der Waals surface area contributed by atoms with Crippen LogP contribution in [0.25, 0.3) is 22.4 Å². The van der Waals surface area contributed by atoms with Crippen molar-refractivity contribution in [3.05, 3.63) is 42.2 Å². The molecule has 3 rings (SSSR count). The third-order valence-corrected chi connectivity index (χ3v) is 3.33. The quantitative estimate of drug-likeness (QED) is 0.763. The minimum atomic E-state index is 0.297. The zero-order valence-electron chi connectivity index (χ0n) is 11.0. The summed E-state index contributed by atoms with van der Waals surface area (Å²) in [7, 11) is 0. The molecule has 0 radical (unpaired) electrons. The third kappa shape index (κ3) is 1.85. The molecule has 1 aromatic carbocycles. The molecule has 0 fully saturated rings. The Bertz CT molecular complexity index is 746. The van der Waals surface area contributed by atoms with Crippen molar-refractivity contribution in [2.75, 3.05) is 0 Å². The SMILES string of the molecule is CCn1c(-c2ccc(C)c(O)c2)nc2cnccc21. The number of aromatic hydroxyl groups is 1. The van der Waals surface area contributed by atoms with Crippen LogP contribution in [0.2, 0.25) is 0 Å². The van der Waals surface area contributed by atoms with E-state index in [4.69, 9.17) is 0 Å². The number of rotatable bonds is 2. The number of hydrogen-bond donors (Lipinski definition) is 1. The van der Waals surface area contributed by atoms with Gasteiger partial charge in [0.1, 0.15) is 17.1 Å². The second kappa shape index (κ2) is 4.39. The van der Waals surface area contributed by atoms with E-state index >= 15 is 0 Å². The van der Waals surface area contributed by atoms with Gasteiger partial charge in [-0.25, -0.2) is 4.98 Å². The lowest BCUT2D eigenvalue weighted by Crippen LogP contribution is -1.97. The number of fused-ring (bicyclic) bond motifs is 1. The molecule has 96 valence electrons. The van der Waals surface area contributed by atoms with Crippen molar-refractivity contribution in [2.45, 2.75) is 20.4 Å². The van der Waals surface area contributed by atoms with E-state index in [1.165, 1.54) is 0 Å². The van der Waals surface area contributed by atoms with Crippen molar-refractivity contribution < 1.29 is 5.11 Å². The molecular weight excluding hydrogens is 238 g/mol. The molecule has 0 unspecified atom stereocenters. The normalized spacial score (nSPS) is 11.1. The van der Waals surface area contributed by atoms with Crippen molar-refractivity contribution in [1.29, 1.82) is 0 Å². The molecular formula is C15H15N3O. The molecule has 2 aromatic heterocycles. The predicted molar refractivity (Wildman–Crippen MR) is 75.0 cm³/mol. The average Bonchev–Trinajstić information content (AvgIpc) is 2.80. The Morgan fingerprint density at radius 1 is 1.26 bits per heavy atom. The first-order chi connectivity index (χ1) is 9.20. The van der Waals surface area contributed by atoms with E-state index in [0.29, 0.717) is 5.75 Å². The molecule has 0 saturated carbocycles. The van der Waals surface area contributed by atoms with Crippen LogP contribution < -0.4 is 0 Å². The second-order valence-corrected chi connectivity index (χ2v) is 4.55. The number of phenols is 1. The third-order valence-electron chi connectivity index (χ3n) is 3.33. The first kappa shape index (κ1) is 11.7. The lowest BCUT2D eigenvalue weighted by atomic mass is 10.1. The summed E-state index contributed by atoms with van der Waals surface area (Å²) in [5, 5.41) is 9.85. The fourth-order valence-corrected chi connectivity index (χ4v) is 2.27. The summed E-state index contributed by atoms with van der Waals surface area (Å²) in [5.41, 5.74) is 3.72. The van der Waals surface area contributed by atoms with E-state index in [0.717, 1.165) is 34.5 Å². The molecule has 0 amide bonds. The van der Waals surface area contributed by atoms with Gasteiger partial charge in [0.25, 0.3) is 0 Å². The number of nitrogens with zero attached hydrogens (tertiary/aromatic N) is 3. The van der Waals surface area contributed by atoms with Gasteiger partial charge in [-0.2, -0.15) is 0 Å². The Labute approximate surface area is 111 Å². The lowest BCUT2D eigenvalue weighted by Gasteiger charge is -2.07. The molecule has 4 nitrogen and oxygen atoms in total. The number of imidazole rings is 1. The topological polar surface area (TPSA) is 50.9 Å². The molecule has 0 bridgehead atoms. The van der Waals surface area contributed by atoms with Gasteiger partial charge in [0.05, 0.1) is 11.7 Å². The monoisotopic (exact) mass is 253 g/mol. The number of aromatic nitrogens is 3. The Balaban J connectivity index is 2.26. The first-order valence-corrected chi connectivity index (χ1v) is 6.31. The van der Waals surface area contributed by atoms with Gasteiger partial charge in [0.2, 0.25) is 0 Å².